The number of carbonyl (C=O) groups is 1. The first-order chi connectivity index (χ1) is 8.59. The minimum absolute atomic E-state index is 0.00245. The van der Waals surface area contributed by atoms with E-state index in [1.807, 2.05) is 24.3 Å². The summed E-state index contributed by atoms with van der Waals surface area (Å²) in [7, 11) is 1.79. The van der Waals surface area contributed by atoms with Crippen LogP contribution in [-0.2, 0) is 0 Å². The monoisotopic (exact) mass is 359 g/mol. The second kappa shape index (κ2) is 6.02. The van der Waals surface area contributed by atoms with Crippen LogP contribution in [0.1, 0.15) is 36.0 Å². The highest BCUT2D eigenvalue weighted by Crippen LogP contribution is 2.23. The van der Waals surface area contributed by atoms with E-state index in [9.17, 15) is 9.90 Å². The number of nitrogens with zero attached hydrogens (tertiary/aromatic N) is 1. The van der Waals surface area contributed by atoms with Gasteiger partial charge >= 0.3 is 0 Å². The van der Waals surface area contributed by atoms with E-state index in [0.717, 1.165) is 29.3 Å². The third-order valence-electron chi connectivity index (χ3n) is 3.60. The lowest BCUT2D eigenvalue weighted by Crippen LogP contribution is -2.46. The lowest BCUT2D eigenvalue weighted by Gasteiger charge is -2.35. The Bertz CT molecular complexity index is 418. The molecule has 1 amide bonds. The number of halogens is 1. The molecule has 0 heterocycles. The van der Waals surface area contributed by atoms with E-state index in [4.69, 9.17) is 0 Å². The second-order valence-electron chi connectivity index (χ2n) is 4.84. The van der Waals surface area contributed by atoms with Gasteiger partial charge in [-0.05, 0) is 59.7 Å². The molecular weight excluding hydrogens is 341 g/mol. The molecule has 0 saturated heterocycles. The smallest absolute Gasteiger partial charge is 0.253 e. The summed E-state index contributed by atoms with van der Waals surface area (Å²) in [6, 6.07) is 7.51. The fourth-order valence-electron chi connectivity index (χ4n) is 2.49. The number of hydrogen-bond donors (Lipinski definition) is 1. The molecule has 0 spiro atoms. The van der Waals surface area contributed by atoms with E-state index in [2.05, 4.69) is 22.6 Å². The average Bonchev–Trinajstić information content (AvgIpc) is 2.38. The molecule has 1 aliphatic rings. The van der Waals surface area contributed by atoms with Gasteiger partial charge in [-0.15, -0.1) is 0 Å². The van der Waals surface area contributed by atoms with Crippen LogP contribution < -0.4 is 0 Å². The van der Waals surface area contributed by atoms with Crippen LogP contribution in [0.15, 0.2) is 24.3 Å². The first kappa shape index (κ1) is 13.8. The second-order valence-corrected chi connectivity index (χ2v) is 6.09. The Morgan fingerprint density at radius 3 is 2.50 bits per heavy atom. The van der Waals surface area contributed by atoms with E-state index in [1.165, 1.54) is 0 Å². The summed E-state index contributed by atoms with van der Waals surface area (Å²) in [4.78, 5) is 14.0. The maximum atomic E-state index is 12.3. The molecule has 2 unspecified atom stereocenters. The maximum Gasteiger partial charge on any atom is 0.253 e. The minimum Gasteiger partial charge on any atom is -0.391 e. The van der Waals surface area contributed by atoms with Gasteiger partial charge in [0.25, 0.3) is 5.91 Å². The quantitative estimate of drug-likeness (QED) is 0.825. The lowest BCUT2D eigenvalue weighted by atomic mass is 9.91. The van der Waals surface area contributed by atoms with E-state index in [0.29, 0.717) is 5.56 Å². The summed E-state index contributed by atoms with van der Waals surface area (Å²) in [6.07, 6.45) is 3.47. The third kappa shape index (κ3) is 3.03. The molecule has 1 aliphatic carbocycles. The van der Waals surface area contributed by atoms with Gasteiger partial charge in [0.05, 0.1) is 12.1 Å². The molecule has 2 atom stereocenters. The SMILES string of the molecule is CN(C(=O)c1ccc(I)cc1)C1CCCCC1O. The van der Waals surface area contributed by atoms with Gasteiger partial charge in [0.2, 0.25) is 0 Å². The normalized spacial score (nSPS) is 23.7. The van der Waals surface area contributed by atoms with Crippen molar-refractivity contribution in [2.75, 3.05) is 7.05 Å². The number of aliphatic hydroxyl groups is 1. The number of benzene rings is 1. The van der Waals surface area contributed by atoms with Crippen molar-refractivity contribution in [1.82, 2.24) is 4.90 Å². The predicted molar refractivity (Wildman–Crippen MR) is 79.5 cm³/mol. The van der Waals surface area contributed by atoms with E-state index >= 15 is 0 Å². The average molecular weight is 359 g/mol. The first-order valence-electron chi connectivity index (χ1n) is 6.30. The largest absolute Gasteiger partial charge is 0.391 e. The number of hydrogen-bond acceptors (Lipinski definition) is 2. The van der Waals surface area contributed by atoms with E-state index in [-0.39, 0.29) is 18.1 Å². The van der Waals surface area contributed by atoms with Crippen molar-refractivity contribution in [2.45, 2.75) is 37.8 Å². The molecule has 1 aromatic rings. The van der Waals surface area contributed by atoms with Crippen LogP contribution in [0, 0.1) is 3.57 Å². The molecule has 1 N–H and O–H groups in total. The Morgan fingerprint density at radius 2 is 1.89 bits per heavy atom. The van der Waals surface area contributed by atoms with Crippen molar-refractivity contribution in [2.24, 2.45) is 0 Å². The zero-order valence-corrected chi connectivity index (χ0v) is 12.6. The Hall–Kier alpha value is -0.620. The number of carbonyl (C=O) groups excluding carboxylic acids is 1. The van der Waals surface area contributed by atoms with Gasteiger partial charge in [-0.25, -0.2) is 0 Å². The van der Waals surface area contributed by atoms with E-state index < -0.39 is 0 Å². The summed E-state index contributed by atoms with van der Waals surface area (Å²) in [5, 5.41) is 9.98. The molecule has 98 valence electrons. The fraction of sp³-hybridized carbons (Fsp3) is 0.500. The molecule has 0 radical (unpaired) electrons. The maximum absolute atomic E-state index is 12.3. The molecule has 1 fully saturated rings. The Kier molecular flexibility index (Phi) is 4.61. The zero-order chi connectivity index (χ0) is 13.1. The fourth-order valence-corrected chi connectivity index (χ4v) is 2.85. The Labute approximate surface area is 121 Å². The molecule has 1 aromatic carbocycles. The summed E-state index contributed by atoms with van der Waals surface area (Å²) < 4.78 is 1.12. The highest BCUT2D eigenvalue weighted by atomic mass is 127. The molecular formula is C14H18INO2. The van der Waals surface area contributed by atoms with Gasteiger partial charge < -0.3 is 10.0 Å². The molecule has 3 nitrogen and oxygen atoms in total. The minimum atomic E-state index is -0.378. The van der Waals surface area contributed by atoms with Crippen LogP contribution in [0.25, 0.3) is 0 Å². The summed E-state index contributed by atoms with van der Waals surface area (Å²) >= 11 is 2.22. The number of aliphatic hydroxyl groups excluding tert-OH is 1. The number of likely N-dealkylation sites (N-methyl/N-ethyl adjacent to an activating group) is 1. The third-order valence-corrected chi connectivity index (χ3v) is 4.32. The lowest BCUT2D eigenvalue weighted by molar-refractivity contribution is 0.0268. The van der Waals surface area contributed by atoms with E-state index in [1.54, 1.807) is 11.9 Å². The predicted octanol–water partition coefficient (Wildman–Crippen LogP) is 2.67. The first-order valence-corrected chi connectivity index (χ1v) is 7.38. The molecule has 0 bridgehead atoms. The van der Waals surface area contributed by atoms with Crippen molar-refractivity contribution in [1.29, 1.82) is 0 Å². The molecule has 18 heavy (non-hydrogen) atoms. The van der Waals surface area contributed by atoms with Gasteiger partial charge in [0.15, 0.2) is 0 Å². The Morgan fingerprint density at radius 1 is 1.28 bits per heavy atom. The number of amides is 1. The van der Waals surface area contributed by atoms with Gasteiger partial charge in [-0.3, -0.25) is 4.79 Å². The molecule has 0 aliphatic heterocycles. The molecule has 4 heteroatoms. The number of rotatable bonds is 2. The molecule has 2 rings (SSSR count). The van der Waals surface area contributed by atoms with Crippen LogP contribution in [0.5, 0.6) is 0 Å². The highest BCUT2D eigenvalue weighted by molar-refractivity contribution is 14.1. The van der Waals surface area contributed by atoms with Crippen molar-refractivity contribution < 1.29 is 9.90 Å². The van der Waals surface area contributed by atoms with Crippen molar-refractivity contribution in [3.63, 3.8) is 0 Å². The van der Waals surface area contributed by atoms with Gasteiger partial charge in [-0.2, -0.15) is 0 Å². The standard InChI is InChI=1S/C14H18INO2/c1-16(12-4-2-3-5-13(12)17)14(18)10-6-8-11(15)9-7-10/h6-9,12-13,17H,2-5H2,1H3. The van der Waals surface area contributed by atoms with Crippen LogP contribution in [0.4, 0.5) is 0 Å². The summed E-state index contributed by atoms with van der Waals surface area (Å²) in [5.41, 5.74) is 0.690. The van der Waals surface area contributed by atoms with Gasteiger partial charge in [0, 0.05) is 16.2 Å². The summed E-state index contributed by atoms with van der Waals surface area (Å²) in [6.45, 7) is 0. The Balaban J connectivity index is 2.10. The van der Waals surface area contributed by atoms with Crippen LogP contribution in [0.3, 0.4) is 0 Å². The van der Waals surface area contributed by atoms with Gasteiger partial charge in [0.1, 0.15) is 0 Å². The molecule has 1 saturated carbocycles. The van der Waals surface area contributed by atoms with Crippen LogP contribution in [-0.4, -0.2) is 35.1 Å². The van der Waals surface area contributed by atoms with Crippen LogP contribution in [0.2, 0.25) is 0 Å². The highest BCUT2D eigenvalue weighted by Gasteiger charge is 2.29. The molecule has 0 aromatic heterocycles. The van der Waals surface area contributed by atoms with Crippen LogP contribution >= 0.6 is 22.6 Å². The van der Waals surface area contributed by atoms with Crippen molar-refractivity contribution >= 4 is 28.5 Å². The topological polar surface area (TPSA) is 40.5 Å². The zero-order valence-electron chi connectivity index (χ0n) is 10.5. The van der Waals surface area contributed by atoms with Crippen molar-refractivity contribution in [3.05, 3.63) is 33.4 Å². The van der Waals surface area contributed by atoms with Gasteiger partial charge in [-0.1, -0.05) is 12.8 Å². The van der Waals surface area contributed by atoms with Crippen molar-refractivity contribution in [3.8, 4) is 0 Å². The summed E-state index contributed by atoms with van der Waals surface area (Å²) in [5.74, 6) is -0.00245.